The van der Waals surface area contributed by atoms with Gasteiger partial charge < -0.3 is 10.0 Å². The van der Waals surface area contributed by atoms with Gasteiger partial charge in [-0.3, -0.25) is 4.79 Å². The van der Waals surface area contributed by atoms with E-state index in [2.05, 4.69) is 0 Å². The quantitative estimate of drug-likeness (QED) is 0.876. The number of benzene rings is 2. The average molecular weight is 374 g/mol. The van der Waals surface area contributed by atoms with E-state index in [0.717, 1.165) is 0 Å². The van der Waals surface area contributed by atoms with Gasteiger partial charge in [-0.1, -0.05) is 18.2 Å². The van der Waals surface area contributed by atoms with E-state index in [4.69, 9.17) is 5.11 Å². The Morgan fingerprint density at radius 3 is 1.88 bits per heavy atom. The molecule has 1 amide bonds. The Hall–Kier alpha value is -2.71. The second-order valence-electron chi connectivity index (χ2n) is 5.89. The number of aromatic carboxylic acids is 1. The molecule has 1 aliphatic heterocycles. The van der Waals surface area contributed by atoms with E-state index in [1.54, 1.807) is 35.2 Å². The second-order valence-corrected chi connectivity index (χ2v) is 7.83. The first-order valence-electron chi connectivity index (χ1n) is 8.07. The Bertz CT molecular complexity index is 902. The number of hydrogen-bond acceptors (Lipinski definition) is 4. The molecule has 26 heavy (non-hydrogen) atoms. The highest BCUT2D eigenvalue weighted by atomic mass is 32.2. The molecule has 1 aliphatic rings. The molecule has 1 fully saturated rings. The highest BCUT2D eigenvalue weighted by molar-refractivity contribution is 7.89. The van der Waals surface area contributed by atoms with Crippen molar-refractivity contribution in [2.45, 2.75) is 4.90 Å². The van der Waals surface area contributed by atoms with Crippen molar-refractivity contribution in [2.75, 3.05) is 26.2 Å². The number of piperazine rings is 1. The van der Waals surface area contributed by atoms with Crippen molar-refractivity contribution in [1.29, 1.82) is 0 Å². The van der Waals surface area contributed by atoms with Crippen LogP contribution in [-0.2, 0) is 10.0 Å². The van der Waals surface area contributed by atoms with Crippen molar-refractivity contribution in [2.24, 2.45) is 0 Å². The van der Waals surface area contributed by atoms with Crippen LogP contribution in [0.25, 0.3) is 0 Å². The van der Waals surface area contributed by atoms with E-state index in [1.165, 1.54) is 28.6 Å². The number of nitrogens with zero attached hydrogens (tertiary/aromatic N) is 2. The molecule has 8 heteroatoms. The molecule has 2 aromatic carbocycles. The van der Waals surface area contributed by atoms with E-state index < -0.39 is 16.0 Å². The molecule has 0 saturated carbocycles. The van der Waals surface area contributed by atoms with Gasteiger partial charge in [-0.05, 0) is 36.4 Å². The normalized spacial score (nSPS) is 15.6. The number of carbonyl (C=O) groups excluding carboxylic acids is 1. The number of carboxylic acids is 1. The number of carboxylic acid groups (broad SMARTS) is 1. The van der Waals surface area contributed by atoms with Crippen LogP contribution in [0.5, 0.6) is 0 Å². The molecule has 1 saturated heterocycles. The van der Waals surface area contributed by atoms with E-state index in [-0.39, 0.29) is 42.5 Å². The lowest BCUT2D eigenvalue weighted by molar-refractivity contribution is 0.0684. The number of sulfonamides is 1. The molecule has 0 aliphatic carbocycles. The Morgan fingerprint density at radius 1 is 0.808 bits per heavy atom. The van der Waals surface area contributed by atoms with Crippen molar-refractivity contribution in [3.8, 4) is 0 Å². The number of amides is 1. The molecule has 7 nitrogen and oxygen atoms in total. The van der Waals surface area contributed by atoms with Crippen LogP contribution in [0.3, 0.4) is 0 Å². The molecule has 0 unspecified atom stereocenters. The fourth-order valence-electron chi connectivity index (χ4n) is 2.81. The molecule has 2 aromatic rings. The second kappa shape index (κ2) is 7.27. The minimum Gasteiger partial charge on any atom is -0.478 e. The van der Waals surface area contributed by atoms with Gasteiger partial charge in [0.1, 0.15) is 0 Å². The maximum atomic E-state index is 12.6. The number of hydrogen-bond donors (Lipinski definition) is 1. The van der Waals surface area contributed by atoms with Crippen molar-refractivity contribution in [1.82, 2.24) is 9.21 Å². The van der Waals surface area contributed by atoms with Gasteiger partial charge in [-0.2, -0.15) is 4.31 Å². The highest BCUT2D eigenvalue weighted by Crippen LogP contribution is 2.18. The summed E-state index contributed by atoms with van der Waals surface area (Å²) in [6, 6.07) is 13.9. The summed E-state index contributed by atoms with van der Waals surface area (Å²) in [6.45, 7) is 1.00. The lowest BCUT2D eigenvalue weighted by atomic mass is 10.1. The van der Waals surface area contributed by atoms with Gasteiger partial charge >= 0.3 is 5.97 Å². The average Bonchev–Trinajstić information content (AvgIpc) is 2.68. The zero-order chi connectivity index (χ0) is 18.7. The van der Waals surface area contributed by atoms with Crippen molar-refractivity contribution in [3.05, 3.63) is 65.7 Å². The summed E-state index contributed by atoms with van der Waals surface area (Å²) >= 11 is 0. The minimum absolute atomic E-state index is 0.111. The molecule has 0 spiro atoms. The lowest BCUT2D eigenvalue weighted by Gasteiger charge is -2.34. The van der Waals surface area contributed by atoms with Crippen molar-refractivity contribution < 1.29 is 23.1 Å². The third kappa shape index (κ3) is 3.61. The molecule has 0 radical (unpaired) electrons. The molecule has 3 rings (SSSR count). The summed E-state index contributed by atoms with van der Waals surface area (Å²) in [5, 5.41) is 8.90. The monoisotopic (exact) mass is 374 g/mol. The molecular formula is C18H18N2O5S. The maximum Gasteiger partial charge on any atom is 0.335 e. The molecule has 0 bridgehead atoms. The molecule has 1 heterocycles. The number of rotatable bonds is 4. The Balaban J connectivity index is 1.66. The van der Waals surface area contributed by atoms with Crippen LogP contribution < -0.4 is 0 Å². The standard InChI is InChI=1S/C18H18N2O5S/c21-17(14-6-8-15(9-7-14)18(22)23)19-10-12-20(13-11-19)26(24,25)16-4-2-1-3-5-16/h1-9H,10-13H2,(H,22,23). The summed E-state index contributed by atoms with van der Waals surface area (Å²) in [7, 11) is -3.56. The molecule has 1 N–H and O–H groups in total. The van der Waals surface area contributed by atoms with Gasteiger partial charge in [-0.25, -0.2) is 13.2 Å². The van der Waals surface area contributed by atoms with Gasteiger partial charge in [-0.15, -0.1) is 0 Å². The lowest BCUT2D eigenvalue weighted by Crippen LogP contribution is -2.50. The van der Waals surface area contributed by atoms with E-state index in [1.807, 2.05) is 0 Å². The van der Waals surface area contributed by atoms with Crippen molar-refractivity contribution in [3.63, 3.8) is 0 Å². The Kier molecular flexibility index (Phi) is 5.06. The Morgan fingerprint density at radius 2 is 1.35 bits per heavy atom. The van der Waals surface area contributed by atoms with Crippen LogP contribution in [0.4, 0.5) is 0 Å². The van der Waals surface area contributed by atoms with Gasteiger partial charge in [0.25, 0.3) is 5.91 Å². The van der Waals surface area contributed by atoms with Crippen LogP contribution in [0.1, 0.15) is 20.7 Å². The summed E-state index contributed by atoms with van der Waals surface area (Å²) in [5.41, 5.74) is 0.495. The van der Waals surface area contributed by atoms with Gasteiger partial charge in [0.05, 0.1) is 10.5 Å². The van der Waals surface area contributed by atoms with Crippen LogP contribution in [0.2, 0.25) is 0 Å². The summed E-state index contributed by atoms with van der Waals surface area (Å²) in [6.07, 6.45) is 0. The summed E-state index contributed by atoms with van der Waals surface area (Å²) in [5.74, 6) is -1.29. The molecule has 0 atom stereocenters. The fourth-order valence-corrected chi connectivity index (χ4v) is 4.25. The zero-order valence-electron chi connectivity index (χ0n) is 13.9. The third-order valence-corrected chi connectivity index (χ3v) is 6.20. The highest BCUT2D eigenvalue weighted by Gasteiger charge is 2.30. The third-order valence-electron chi connectivity index (χ3n) is 4.29. The SMILES string of the molecule is O=C(O)c1ccc(C(=O)N2CCN(S(=O)(=O)c3ccccc3)CC2)cc1. The topological polar surface area (TPSA) is 95.0 Å². The van der Waals surface area contributed by atoms with Crippen molar-refractivity contribution >= 4 is 21.9 Å². The van der Waals surface area contributed by atoms with E-state index in [9.17, 15) is 18.0 Å². The fraction of sp³-hybridized carbons (Fsp3) is 0.222. The van der Waals surface area contributed by atoms with E-state index in [0.29, 0.717) is 5.56 Å². The van der Waals surface area contributed by atoms with Crippen LogP contribution in [0, 0.1) is 0 Å². The first-order valence-corrected chi connectivity index (χ1v) is 9.51. The largest absolute Gasteiger partial charge is 0.478 e. The molecule has 136 valence electrons. The van der Waals surface area contributed by atoms with E-state index >= 15 is 0 Å². The smallest absolute Gasteiger partial charge is 0.335 e. The summed E-state index contributed by atoms with van der Waals surface area (Å²) < 4.78 is 26.6. The molecule has 0 aromatic heterocycles. The first-order chi connectivity index (χ1) is 12.4. The minimum atomic E-state index is -3.56. The van der Waals surface area contributed by atoms with Gasteiger partial charge in [0.2, 0.25) is 10.0 Å². The number of carbonyl (C=O) groups is 2. The zero-order valence-corrected chi connectivity index (χ0v) is 14.7. The van der Waals surface area contributed by atoms with Gasteiger partial charge in [0.15, 0.2) is 0 Å². The van der Waals surface area contributed by atoms with Crippen LogP contribution in [0.15, 0.2) is 59.5 Å². The Labute approximate surface area is 151 Å². The summed E-state index contributed by atoms with van der Waals surface area (Å²) in [4.78, 5) is 25.2. The predicted octanol–water partition coefficient (Wildman–Crippen LogP) is 1.53. The van der Waals surface area contributed by atoms with Crippen LogP contribution in [-0.4, -0.2) is 60.8 Å². The predicted molar refractivity (Wildman–Crippen MR) is 94.5 cm³/mol. The van der Waals surface area contributed by atoms with Crippen LogP contribution >= 0.6 is 0 Å². The first kappa shape index (κ1) is 18.1. The molecular weight excluding hydrogens is 356 g/mol. The maximum absolute atomic E-state index is 12.6. The van der Waals surface area contributed by atoms with Gasteiger partial charge in [0, 0.05) is 31.7 Å².